The third kappa shape index (κ3) is 8.23. The van der Waals surface area contributed by atoms with Crippen molar-refractivity contribution in [3.05, 3.63) is 0 Å². The number of hydrogen-bond acceptors (Lipinski definition) is 3. The molecule has 6 heteroatoms. The highest BCUT2D eigenvalue weighted by molar-refractivity contribution is 14.0. The SMILES string of the molecule is CCC(C)NC(=NC)NCC(C)C(=O)OC.I. The van der Waals surface area contributed by atoms with E-state index in [1.807, 2.05) is 6.92 Å². The van der Waals surface area contributed by atoms with Gasteiger partial charge < -0.3 is 15.4 Å². The minimum absolute atomic E-state index is 0. The number of aliphatic imine (C=N–C) groups is 1. The first-order valence-corrected chi connectivity index (χ1v) is 5.60. The molecule has 17 heavy (non-hydrogen) atoms. The monoisotopic (exact) mass is 357 g/mol. The van der Waals surface area contributed by atoms with Crippen LogP contribution in [0, 0.1) is 5.92 Å². The summed E-state index contributed by atoms with van der Waals surface area (Å²) in [5.74, 6) is 0.317. The molecule has 2 unspecified atom stereocenters. The Morgan fingerprint density at radius 3 is 2.41 bits per heavy atom. The molecule has 0 saturated heterocycles. The molecule has 0 aliphatic heterocycles. The standard InChI is InChI=1S/C11H23N3O2.HI/c1-6-9(3)14-11(12-4)13-7-8(2)10(15)16-5;/h8-9H,6-7H2,1-5H3,(H2,12,13,14);1H. The molecule has 0 saturated carbocycles. The average Bonchev–Trinajstić information content (AvgIpc) is 2.32. The lowest BCUT2D eigenvalue weighted by Gasteiger charge is -2.17. The Hall–Kier alpha value is -0.530. The smallest absolute Gasteiger partial charge is 0.310 e. The van der Waals surface area contributed by atoms with Crippen molar-refractivity contribution in [1.82, 2.24) is 10.6 Å². The Labute approximate surface area is 121 Å². The Bertz CT molecular complexity index is 247. The van der Waals surface area contributed by atoms with Gasteiger partial charge in [0, 0.05) is 19.6 Å². The van der Waals surface area contributed by atoms with Crippen LogP contribution < -0.4 is 10.6 Å². The number of carbonyl (C=O) groups is 1. The molecule has 0 radical (unpaired) electrons. The molecule has 0 bridgehead atoms. The molecule has 0 amide bonds. The highest BCUT2D eigenvalue weighted by Crippen LogP contribution is 1.95. The van der Waals surface area contributed by atoms with Crippen molar-refractivity contribution in [3.8, 4) is 0 Å². The fourth-order valence-electron chi connectivity index (χ4n) is 1.06. The molecule has 0 aliphatic rings. The zero-order valence-electron chi connectivity index (χ0n) is 11.2. The van der Waals surface area contributed by atoms with E-state index >= 15 is 0 Å². The Kier molecular flexibility index (Phi) is 11.8. The van der Waals surface area contributed by atoms with Crippen LogP contribution in [0.25, 0.3) is 0 Å². The van der Waals surface area contributed by atoms with E-state index in [4.69, 9.17) is 0 Å². The first kappa shape index (κ1) is 18.8. The summed E-state index contributed by atoms with van der Waals surface area (Å²) in [4.78, 5) is 15.2. The van der Waals surface area contributed by atoms with Crippen molar-refractivity contribution in [1.29, 1.82) is 0 Å². The van der Waals surface area contributed by atoms with E-state index in [1.165, 1.54) is 7.11 Å². The number of nitrogens with one attached hydrogen (secondary N) is 2. The van der Waals surface area contributed by atoms with E-state index < -0.39 is 0 Å². The van der Waals surface area contributed by atoms with Gasteiger partial charge in [-0.25, -0.2) is 0 Å². The summed E-state index contributed by atoms with van der Waals surface area (Å²) in [6.45, 7) is 6.51. The molecular formula is C11H24IN3O2. The second kappa shape index (κ2) is 10.6. The van der Waals surface area contributed by atoms with E-state index in [-0.39, 0.29) is 35.9 Å². The van der Waals surface area contributed by atoms with Crippen LogP contribution in [-0.4, -0.2) is 38.7 Å². The Balaban J connectivity index is 0. The third-order valence-corrected chi connectivity index (χ3v) is 2.40. The van der Waals surface area contributed by atoms with Gasteiger partial charge in [0.15, 0.2) is 5.96 Å². The quantitative estimate of drug-likeness (QED) is 0.338. The van der Waals surface area contributed by atoms with Crippen molar-refractivity contribution < 1.29 is 9.53 Å². The van der Waals surface area contributed by atoms with Crippen molar-refractivity contribution in [2.75, 3.05) is 20.7 Å². The van der Waals surface area contributed by atoms with Crippen LogP contribution in [-0.2, 0) is 9.53 Å². The summed E-state index contributed by atoms with van der Waals surface area (Å²) in [6.07, 6.45) is 1.02. The molecule has 0 spiro atoms. The molecule has 0 heterocycles. The minimum Gasteiger partial charge on any atom is -0.469 e. The summed E-state index contributed by atoms with van der Waals surface area (Å²) in [5, 5.41) is 6.30. The zero-order valence-corrected chi connectivity index (χ0v) is 13.6. The fraction of sp³-hybridized carbons (Fsp3) is 0.818. The van der Waals surface area contributed by atoms with Gasteiger partial charge in [-0.05, 0) is 13.3 Å². The van der Waals surface area contributed by atoms with E-state index in [9.17, 15) is 4.79 Å². The Morgan fingerprint density at radius 2 is 2.00 bits per heavy atom. The van der Waals surface area contributed by atoms with Gasteiger partial charge in [0.1, 0.15) is 0 Å². The van der Waals surface area contributed by atoms with Crippen LogP contribution in [0.5, 0.6) is 0 Å². The highest BCUT2D eigenvalue weighted by atomic mass is 127. The summed E-state index contributed by atoms with van der Waals surface area (Å²) >= 11 is 0. The van der Waals surface area contributed by atoms with Gasteiger partial charge in [-0.15, -0.1) is 24.0 Å². The molecule has 0 aromatic carbocycles. The molecule has 2 N–H and O–H groups in total. The lowest BCUT2D eigenvalue weighted by molar-refractivity contribution is -0.144. The number of hydrogen-bond donors (Lipinski definition) is 2. The molecule has 2 atom stereocenters. The molecule has 0 aromatic heterocycles. The maximum absolute atomic E-state index is 11.2. The first-order valence-electron chi connectivity index (χ1n) is 5.60. The Morgan fingerprint density at radius 1 is 1.41 bits per heavy atom. The van der Waals surface area contributed by atoms with Crippen molar-refractivity contribution in [2.24, 2.45) is 10.9 Å². The number of rotatable bonds is 5. The van der Waals surface area contributed by atoms with E-state index in [0.717, 1.165) is 6.42 Å². The van der Waals surface area contributed by atoms with Gasteiger partial charge >= 0.3 is 5.97 Å². The molecule has 0 aliphatic carbocycles. The summed E-state index contributed by atoms with van der Waals surface area (Å²) < 4.78 is 4.64. The van der Waals surface area contributed by atoms with E-state index in [2.05, 4.69) is 34.2 Å². The number of methoxy groups -OCH3 is 1. The number of ether oxygens (including phenoxy) is 1. The van der Waals surface area contributed by atoms with Gasteiger partial charge in [-0.2, -0.15) is 0 Å². The molecule has 0 rings (SSSR count). The largest absolute Gasteiger partial charge is 0.469 e. The predicted molar refractivity (Wildman–Crippen MR) is 80.8 cm³/mol. The normalized spacial score (nSPS) is 14.3. The maximum atomic E-state index is 11.2. The highest BCUT2D eigenvalue weighted by Gasteiger charge is 2.13. The van der Waals surface area contributed by atoms with Crippen LogP contribution in [0.15, 0.2) is 4.99 Å². The van der Waals surface area contributed by atoms with E-state index in [0.29, 0.717) is 18.5 Å². The van der Waals surface area contributed by atoms with Crippen molar-refractivity contribution >= 4 is 35.9 Å². The van der Waals surface area contributed by atoms with Gasteiger partial charge in [0.2, 0.25) is 0 Å². The van der Waals surface area contributed by atoms with Gasteiger partial charge in [0.25, 0.3) is 0 Å². The number of halogens is 1. The van der Waals surface area contributed by atoms with Crippen LogP contribution in [0.3, 0.4) is 0 Å². The second-order valence-corrected chi connectivity index (χ2v) is 3.83. The van der Waals surface area contributed by atoms with Crippen LogP contribution in [0.2, 0.25) is 0 Å². The first-order chi connectivity index (χ1) is 7.54. The van der Waals surface area contributed by atoms with Gasteiger partial charge in [-0.3, -0.25) is 9.79 Å². The minimum atomic E-state index is -0.216. The van der Waals surface area contributed by atoms with Crippen molar-refractivity contribution in [3.63, 3.8) is 0 Å². The lowest BCUT2D eigenvalue weighted by atomic mass is 10.2. The average molecular weight is 357 g/mol. The molecule has 0 fully saturated rings. The van der Waals surface area contributed by atoms with Gasteiger partial charge in [0.05, 0.1) is 13.0 Å². The van der Waals surface area contributed by atoms with Gasteiger partial charge in [-0.1, -0.05) is 13.8 Å². The number of guanidine groups is 1. The van der Waals surface area contributed by atoms with E-state index in [1.54, 1.807) is 7.05 Å². The summed E-state index contributed by atoms with van der Waals surface area (Å²) in [7, 11) is 3.10. The predicted octanol–water partition coefficient (Wildman–Crippen LogP) is 1.38. The molecule has 102 valence electrons. The lowest BCUT2D eigenvalue weighted by Crippen LogP contribution is -2.44. The van der Waals surface area contributed by atoms with Crippen LogP contribution >= 0.6 is 24.0 Å². The fourth-order valence-corrected chi connectivity index (χ4v) is 1.06. The number of esters is 1. The molecule has 5 nitrogen and oxygen atoms in total. The zero-order chi connectivity index (χ0) is 12.6. The third-order valence-electron chi connectivity index (χ3n) is 2.40. The number of carbonyl (C=O) groups excluding carboxylic acids is 1. The second-order valence-electron chi connectivity index (χ2n) is 3.83. The molecule has 0 aromatic rings. The maximum Gasteiger partial charge on any atom is 0.310 e. The van der Waals surface area contributed by atoms with Crippen LogP contribution in [0.4, 0.5) is 0 Å². The summed E-state index contributed by atoms with van der Waals surface area (Å²) in [6, 6.07) is 0.361. The summed E-state index contributed by atoms with van der Waals surface area (Å²) in [5.41, 5.74) is 0. The van der Waals surface area contributed by atoms with Crippen molar-refractivity contribution in [2.45, 2.75) is 33.2 Å². The number of nitrogens with zero attached hydrogens (tertiary/aromatic N) is 1. The van der Waals surface area contributed by atoms with Crippen LogP contribution in [0.1, 0.15) is 27.2 Å². The molecular weight excluding hydrogens is 333 g/mol. The topological polar surface area (TPSA) is 62.7 Å².